The second-order valence-electron chi connectivity index (χ2n) is 4.02. The Labute approximate surface area is 117 Å². The molecule has 0 saturated heterocycles. The molecule has 0 aliphatic carbocycles. The quantitative estimate of drug-likeness (QED) is 0.608. The molecular weight excluding hydrogens is 320 g/mol. The van der Waals surface area contributed by atoms with Crippen LogP contribution >= 0.6 is 15.9 Å². The van der Waals surface area contributed by atoms with Crippen LogP contribution in [-0.2, 0) is 4.79 Å². The second kappa shape index (κ2) is 5.98. The number of ether oxygens (including phenoxy) is 1. The molecule has 0 fully saturated rings. The van der Waals surface area contributed by atoms with Crippen molar-refractivity contribution in [3.8, 4) is 5.75 Å². The maximum absolute atomic E-state index is 11.1. The summed E-state index contributed by atoms with van der Waals surface area (Å²) in [5.41, 5.74) is -1.41. The first-order valence-corrected chi connectivity index (χ1v) is 6.09. The summed E-state index contributed by atoms with van der Waals surface area (Å²) in [7, 11) is 1.50. The molecule has 0 heterocycles. The van der Waals surface area contributed by atoms with Crippen molar-refractivity contribution < 1.29 is 19.6 Å². The number of hydrogen-bond acceptors (Lipinski definition) is 5. The van der Waals surface area contributed by atoms with Gasteiger partial charge in [0.2, 0.25) is 0 Å². The predicted molar refractivity (Wildman–Crippen MR) is 71.4 cm³/mol. The van der Waals surface area contributed by atoms with Crippen molar-refractivity contribution in [3.05, 3.63) is 32.8 Å². The van der Waals surface area contributed by atoms with Crippen molar-refractivity contribution in [2.75, 3.05) is 13.7 Å². The van der Waals surface area contributed by atoms with Crippen LogP contribution in [0, 0.1) is 10.1 Å². The molecule has 1 aromatic carbocycles. The highest BCUT2D eigenvalue weighted by Crippen LogP contribution is 2.34. The van der Waals surface area contributed by atoms with Gasteiger partial charge in [-0.1, -0.05) is 6.07 Å². The van der Waals surface area contributed by atoms with Crippen LogP contribution in [0.2, 0.25) is 0 Å². The maximum atomic E-state index is 11.1. The van der Waals surface area contributed by atoms with Crippen LogP contribution in [0.5, 0.6) is 5.75 Å². The molecular formula is C11H13BrN2O5. The van der Waals surface area contributed by atoms with Crippen molar-refractivity contribution in [1.29, 1.82) is 0 Å². The smallest absolute Gasteiger partial charge is 0.327 e. The van der Waals surface area contributed by atoms with Crippen LogP contribution in [0.1, 0.15) is 6.92 Å². The Kier molecular flexibility index (Phi) is 4.84. The van der Waals surface area contributed by atoms with Crippen LogP contribution in [0.3, 0.4) is 0 Å². The van der Waals surface area contributed by atoms with E-state index in [9.17, 15) is 14.9 Å². The number of rotatable bonds is 6. The minimum absolute atomic E-state index is 0.140. The van der Waals surface area contributed by atoms with Gasteiger partial charge in [-0.3, -0.25) is 14.9 Å². The first-order valence-electron chi connectivity index (χ1n) is 5.30. The van der Waals surface area contributed by atoms with Gasteiger partial charge in [0, 0.05) is 6.07 Å². The van der Waals surface area contributed by atoms with Crippen LogP contribution < -0.4 is 10.1 Å². The number of nitro groups is 1. The van der Waals surface area contributed by atoms with Gasteiger partial charge in [-0.05, 0) is 36.0 Å². The number of carbonyl (C=O) groups is 1. The molecule has 1 rings (SSSR count). The average Bonchev–Trinajstić information content (AvgIpc) is 2.36. The zero-order valence-corrected chi connectivity index (χ0v) is 11.9. The molecule has 1 aromatic rings. The zero-order chi connectivity index (χ0) is 14.6. The molecule has 0 amide bonds. The Morgan fingerprint density at radius 1 is 1.63 bits per heavy atom. The van der Waals surface area contributed by atoms with Crippen LogP contribution in [-0.4, -0.2) is 35.2 Å². The fourth-order valence-electron chi connectivity index (χ4n) is 1.21. The molecule has 7 nitrogen and oxygen atoms in total. The summed E-state index contributed by atoms with van der Waals surface area (Å²) in [6.07, 6.45) is 0. The van der Waals surface area contributed by atoms with Crippen LogP contribution in [0.15, 0.2) is 22.7 Å². The van der Waals surface area contributed by atoms with E-state index in [1.54, 1.807) is 0 Å². The standard InChI is InChI=1S/C11H13BrN2O5/c1-11(13-2,10(15)16)6-19-8-5-3-4-7(9(8)12)14(17)18/h3-5,13H,6H2,1-2H3,(H,15,16). The summed E-state index contributed by atoms with van der Waals surface area (Å²) < 4.78 is 5.53. The number of nitro benzene ring substituents is 1. The largest absolute Gasteiger partial charge is 0.490 e. The van der Waals surface area contributed by atoms with Crippen molar-refractivity contribution in [2.24, 2.45) is 0 Å². The summed E-state index contributed by atoms with van der Waals surface area (Å²) >= 11 is 3.07. The van der Waals surface area contributed by atoms with Gasteiger partial charge in [-0.2, -0.15) is 0 Å². The first-order chi connectivity index (χ1) is 8.81. The Morgan fingerprint density at radius 2 is 2.26 bits per heavy atom. The number of carboxylic acid groups (broad SMARTS) is 1. The van der Waals surface area contributed by atoms with Gasteiger partial charge in [0.25, 0.3) is 5.69 Å². The summed E-state index contributed by atoms with van der Waals surface area (Å²) in [5, 5.41) is 22.4. The number of nitrogens with zero attached hydrogens (tertiary/aromatic N) is 1. The lowest BCUT2D eigenvalue weighted by atomic mass is 10.1. The van der Waals surface area contributed by atoms with Gasteiger partial charge in [-0.25, -0.2) is 0 Å². The van der Waals surface area contributed by atoms with E-state index in [1.807, 2.05) is 0 Å². The van der Waals surface area contributed by atoms with Gasteiger partial charge in [0.1, 0.15) is 22.4 Å². The minimum atomic E-state index is -1.27. The van der Waals surface area contributed by atoms with Crippen molar-refractivity contribution in [1.82, 2.24) is 5.32 Å². The van der Waals surface area contributed by atoms with E-state index in [-0.39, 0.29) is 22.5 Å². The second-order valence-corrected chi connectivity index (χ2v) is 4.82. The lowest BCUT2D eigenvalue weighted by Gasteiger charge is -2.24. The Balaban J connectivity index is 2.93. The Bertz CT molecular complexity index is 508. The van der Waals surface area contributed by atoms with Crippen LogP contribution in [0.4, 0.5) is 5.69 Å². The van der Waals surface area contributed by atoms with E-state index in [0.717, 1.165) is 0 Å². The van der Waals surface area contributed by atoms with Gasteiger partial charge >= 0.3 is 5.97 Å². The summed E-state index contributed by atoms with van der Waals surface area (Å²) in [6.45, 7) is 1.29. The topological polar surface area (TPSA) is 102 Å². The number of carboxylic acids is 1. The Morgan fingerprint density at radius 3 is 2.74 bits per heavy atom. The number of likely N-dealkylation sites (N-methyl/N-ethyl adjacent to an activating group) is 1. The summed E-state index contributed by atoms with van der Waals surface area (Å²) in [4.78, 5) is 21.3. The molecule has 0 saturated carbocycles. The van der Waals surface area contributed by atoms with E-state index in [2.05, 4.69) is 21.2 Å². The fourth-order valence-corrected chi connectivity index (χ4v) is 1.74. The van der Waals surface area contributed by atoms with Gasteiger partial charge in [-0.15, -0.1) is 0 Å². The molecule has 1 unspecified atom stereocenters. The van der Waals surface area contributed by atoms with E-state index in [4.69, 9.17) is 9.84 Å². The molecule has 8 heteroatoms. The van der Waals surface area contributed by atoms with Gasteiger partial charge in [0.15, 0.2) is 0 Å². The van der Waals surface area contributed by atoms with Crippen molar-refractivity contribution >= 4 is 27.6 Å². The predicted octanol–water partition coefficient (Wildman–Crippen LogP) is 1.80. The average molecular weight is 333 g/mol. The lowest BCUT2D eigenvalue weighted by molar-refractivity contribution is -0.385. The molecule has 104 valence electrons. The third-order valence-electron chi connectivity index (χ3n) is 2.68. The highest BCUT2D eigenvalue weighted by Gasteiger charge is 2.32. The van der Waals surface area contributed by atoms with E-state index in [0.29, 0.717) is 0 Å². The van der Waals surface area contributed by atoms with E-state index >= 15 is 0 Å². The molecule has 0 radical (unpaired) electrons. The number of nitrogens with one attached hydrogen (secondary N) is 1. The third-order valence-corrected chi connectivity index (χ3v) is 3.48. The molecule has 0 spiro atoms. The highest BCUT2D eigenvalue weighted by molar-refractivity contribution is 9.10. The molecule has 0 bridgehead atoms. The molecule has 19 heavy (non-hydrogen) atoms. The number of aliphatic carboxylic acids is 1. The minimum Gasteiger partial charge on any atom is -0.490 e. The first kappa shape index (κ1) is 15.4. The number of hydrogen-bond donors (Lipinski definition) is 2. The molecule has 2 N–H and O–H groups in total. The maximum Gasteiger partial charge on any atom is 0.327 e. The summed E-state index contributed by atoms with van der Waals surface area (Å²) in [6, 6.07) is 4.32. The molecule has 0 aromatic heterocycles. The third kappa shape index (κ3) is 3.42. The van der Waals surface area contributed by atoms with E-state index in [1.165, 1.54) is 32.2 Å². The van der Waals surface area contributed by atoms with Gasteiger partial charge < -0.3 is 15.2 Å². The molecule has 0 aliphatic heterocycles. The number of benzene rings is 1. The highest BCUT2D eigenvalue weighted by atomic mass is 79.9. The van der Waals surface area contributed by atoms with Crippen LogP contribution in [0.25, 0.3) is 0 Å². The van der Waals surface area contributed by atoms with Gasteiger partial charge in [0.05, 0.1) is 4.92 Å². The monoisotopic (exact) mass is 332 g/mol. The van der Waals surface area contributed by atoms with Crippen molar-refractivity contribution in [2.45, 2.75) is 12.5 Å². The SMILES string of the molecule is CNC(C)(COc1cccc([N+](=O)[O-])c1Br)C(=O)O. The summed E-state index contributed by atoms with van der Waals surface area (Å²) in [5.74, 6) is -0.853. The van der Waals surface area contributed by atoms with E-state index < -0.39 is 16.4 Å². The zero-order valence-electron chi connectivity index (χ0n) is 10.3. The number of halogens is 1. The fraction of sp³-hybridized carbons (Fsp3) is 0.364. The lowest BCUT2D eigenvalue weighted by Crippen LogP contribution is -2.52. The van der Waals surface area contributed by atoms with Crippen molar-refractivity contribution in [3.63, 3.8) is 0 Å². The molecule has 1 atom stereocenters. The normalized spacial score (nSPS) is 13.6. The molecule has 0 aliphatic rings. The Hall–Kier alpha value is -1.67.